The number of ether oxygens (including phenoxy) is 1. The number of methoxy groups -OCH3 is 1. The molecule has 0 radical (unpaired) electrons. The van der Waals surface area contributed by atoms with E-state index in [2.05, 4.69) is 20.7 Å². The van der Waals surface area contributed by atoms with Crippen molar-refractivity contribution in [3.63, 3.8) is 0 Å². The summed E-state index contributed by atoms with van der Waals surface area (Å²) in [5.74, 6) is -1.20. The van der Waals surface area contributed by atoms with Crippen molar-refractivity contribution in [2.75, 3.05) is 17.7 Å². The zero-order valence-corrected chi connectivity index (χ0v) is 16.5. The summed E-state index contributed by atoms with van der Waals surface area (Å²) >= 11 is 6.12. The number of carbonyl (C=O) groups is 3. The fraction of sp³-hybridized carbons (Fsp3) is 0.250. The van der Waals surface area contributed by atoms with E-state index < -0.39 is 23.9 Å². The van der Waals surface area contributed by atoms with Gasteiger partial charge < -0.3 is 20.7 Å². The standard InChI is InChI=1S/C20H22ClN3O4/c1-12(2)17(24-20(27)22-14-7-5-4-6-8-14)18(25)23-16-11-13(19(26)28-3)9-10-15(16)21/h4-12,17H,1-3H3,(H,23,25)(H2,22,24,27). The number of anilines is 2. The third kappa shape index (κ3) is 5.72. The molecule has 0 aromatic heterocycles. The lowest BCUT2D eigenvalue weighted by Crippen LogP contribution is -2.48. The number of esters is 1. The molecule has 0 aliphatic heterocycles. The van der Waals surface area contributed by atoms with Crippen molar-refractivity contribution in [3.8, 4) is 0 Å². The maximum absolute atomic E-state index is 12.7. The van der Waals surface area contributed by atoms with Crippen LogP contribution in [0.1, 0.15) is 24.2 Å². The van der Waals surface area contributed by atoms with Crippen molar-refractivity contribution in [2.24, 2.45) is 5.92 Å². The predicted molar refractivity (Wildman–Crippen MR) is 109 cm³/mol. The lowest BCUT2D eigenvalue weighted by Gasteiger charge is -2.22. The number of benzene rings is 2. The summed E-state index contributed by atoms with van der Waals surface area (Å²) < 4.78 is 4.67. The number of urea groups is 1. The van der Waals surface area contributed by atoms with Gasteiger partial charge in [-0.15, -0.1) is 0 Å². The molecule has 2 rings (SSSR count). The van der Waals surface area contributed by atoms with Crippen LogP contribution in [0.3, 0.4) is 0 Å². The van der Waals surface area contributed by atoms with E-state index in [-0.39, 0.29) is 22.2 Å². The first-order valence-electron chi connectivity index (χ1n) is 8.63. The van der Waals surface area contributed by atoms with E-state index in [0.29, 0.717) is 5.69 Å². The number of carbonyl (C=O) groups excluding carboxylic acids is 3. The Balaban J connectivity index is 2.10. The Kier molecular flexibility index (Phi) is 7.40. The number of para-hydroxylation sites is 1. The SMILES string of the molecule is COC(=O)c1ccc(Cl)c(NC(=O)C(NC(=O)Nc2ccccc2)C(C)C)c1. The molecule has 7 nitrogen and oxygen atoms in total. The molecule has 0 saturated heterocycles. The van der Waals surface area contributed by atoms with Crippen molar-refractivity contribution in [3.05, 3.63) is 59.1 Å². The summed E-state index contributed by atoms with van der Waals surface area (Å²) in [6.07, 6.45) is 0. The van der Waals surface area contributed by atoms with E-state index in [9.17, 15) is 14.4 Å². The Bertz CT molecular complexity index is 856. The average Bonchev–Trinajstić information content (AvgIpc) is 2.67. The topological polar surface area (TPSA) is 96.5 Å². The van der Waals surface area contributed by atoms with Crippen LogP contribution in [0.2, 0.25) is 5.02 Å². The van der Waals surface area contributed by atoms with Gasteiger partial charge in [-0.1, -0.05) is 43.6 Å². The van der Waals surface area contributed by atoms with Gasteiger partial charge in [0.05, 0.1) is 23.4 Å². The van der Waals surface area contributed by atoms with Crippen molar-refractivity contribution in [1.82, 2.24) is 5.32 Å². The summed E-state index contributed by atoms with van der Waals surface area (Å²) in [7, 11) is 1.26. The van der Waals surface area contributed by atoms with Crippen molar-refractivity contribution < 1.29 is 19.1 Å². The fourth-order valence-electron chi connectivity index (χ4n) is 2.44. The normalized spacial score (nSPS) is 11.5. The summed E-state index contributed by atoms with van der Waals surface area (Å²) in [6, 6.07) is 12.0. The molecule has 1 unspecified atom stereocenters. The van der Waals surface area contributed by atoms with E-state index in [0.717, 1.165) is 0 Å². The molecule has 28 heavy (non-hydrogen) atoms. The van der Waals surface area contributed by atoms with Crippen molar-refractivity contribution in [2.45, 2.75) is 19.9 Å². The van der Waals surface area contributed by atoms with Crippen LogP contribution in [0.5, 0.6) is 0 Å². The van der Waals surface area contributed by atoms with E-state index in [1.54, 1.807) is 38.1 Å². The first kappa shape index (κ1) is 21.2. The minimum absolute atomic E-state index is 0.191. The van der Waals surface area contributed by atoms with Gasteiger partial charge in [0.1, 0.15) is 6.04 Å². The van der Waals surface area contributed by atoms with Crippen LogP contribution in [0.15, 0.2) is 48.5 Å². The van der Waals surface area contributed by atoms with Crippen LogP contribution >= 0.6 is 11.6 Å². The Morgan fingerprint density at radius 3 is 2.29 bits per heavy atom. The minimum atomic E-state index is -0.818. The van der Waals surface area contributed by atoms with Gasteiger partial charge in [-0.2, -0.15) is 0 Å². The predicted octanol–water partition coefficient (Wildman–Crippen LogP) is 3.91. The second-order valence-corrected chi connectivity index (χ2v) is 6.77. The third-order valence-electron chi connectivity index (χ3n) is 3.91. The molecular formula is C20H22ClN3O4. The number of hydrogen-bond donors (Lipinski definition) is 3. The van der Waals surface area contributed by atoms with Crippen LogP contribution in [-0.2, 0) is 9.53 Å². The van der Waals surface area contributed by atoms with Gasteiger partial charge in [-0.3, -0.25) is 4.79 Å². The molecule has 3 N–H and O–H groups in total. The van der Waals surface area contributed by atoms with Crippen LogP contribution in [0, 0.1) is 5.92 Å². The Labute approximate surface area is 168 Å². The molecule has 0 heterocycles. The van der Waals surface area contributed by atoms with Gasteiger partial charge in [-0.05, 0) is 36.2 Å². The Hall–Kier alpha value is -3.06. The Morgan fingerprint density at radius 2 is 1.68 bits per heavy atom. The summed E-state index contributed by atoms with van der Waals surface area (Å²) in [5, 5.41) is 8.25. The van der Waals surface area contributed by atoms with Crippen LogP contribution in [0.4, 0.5) is 16.2 Å². The third-order valence-corrected chi connectivity index (χ3v) is 4.24. The summed E-state index contributed by atoms with van der Waals surface area (Å²) in [6.45, 7) is 3.61. The summed E-state index contributed by atoms with van der Waals surface area (Å²) in [4.78, 5) is 36.6. The highest BCUT2D eigenvalue weighted by Gasteiger charge is 2.25. The second-order valence-electron chi connectivity index (χ2n) is 6.36. The van der Waals surface area contributed by atoms with Gasteiger partial charge in [-0.25, -0.2) is 9.59 Å². The number of nitrogens with one attached hydrogen (secondary N) is 3. The zero-order valence-electron chi connectivity index (χ0n) is 15.8. The van der Waals surface area contributed by atoms with Gasteiger partial charge in [0, 0.05) is 5.69 Å². The monoisotopic (exact) mass is 403 g/mol. The molecule has 1 atom stereocenters. The number of amides is 3. The molecule has 0 bridgehead atoms. The molecule has 2 aromatic carbocycles. The smallest absolute Gasteiger partial charge is 0.337 e. The minimum Gasteiger partial charge on any atom is -0.465 e. The highest BCUT2D eigenvalue weighted by atomic mass is 35.5. The highest BCUT2D eigenvalue weighted by molar-refractivity contribution is 6.34. The maximum atomic E-state index is 12.7. The largest absolute Gasteiger partial charge is 0.465 e. The van der Waals surface area contributed by atoms with Gasteiger partial charge in [0.2, 0.25) is 5.91 Å². The molecule has 0 aliphatic rings. The second kappa shape index (κ2) is 9.75. The molecule has 8 heteroatoms. The lowest BCUT2D eigenvalue weighted by atomic mass is 10.0. The lowest BCUT2D eigenvalue weighted by molar-refractivity contribution is -0.118. The number of halogens is 1. The molecule has 2 aromatic rings. The first-order chi connectivity index (χ1) is 13.3. The van der Waals surface area contributed by atoms with Crippen LogP contribution in [-0.4, -0.2) is 31.1 Å². The molecule has 148 valence electrons. The van der Waals surface area contributed by atoms with E-state index >= 15 is 0 Å². The Morgan fingerprint density at radius 1 is 1.00 bits per heavy atom. The molecule has 0 aliphatic carbocycles. The number of rotatable bonds is 6. The average molecular weight is 404 g/mol. The van der Waals surface area contributed by atoms with Gasteiger partial charge in [0.15, 0.2) is 0 Å². The van der Waals surface area contributed by atoms with Gasteiger partial charge >= 0.3 is 12.0 Å². The molecular weight excluding hydrogens is 382 g/mol. The highest BCUT2D eigenvalue weighted by Crippen LogP contribution is 2.24. The first-order valence-corrected chi connectivity index (χ1v) is 9.01. The van der Waals surface area contributed by atoms with E-state index in [1.807, 2.05) is 6.07 Å². The van der Waals surface area contributed by atoms with Crippen LogP contribution in [0.25, 0.3) is 0 Å². The van der Waals surface area contributed by atoms with Crippen molar-refractivity contribution in [1.29, 1.82) is 0 Å². The van der Waals surface area contributed by atoms with E-state index in [4.69, 9.17) is 11.6 Å². The molecule has 0 spiro atoms. The van der Waals surface area contributed by atoms with E-state index in [1.165, 1.54) is 25.3 Å². The van der Waals surface area contributed by atoms with Crippen LogP contribution < -0.4 is 16.0 Å². The molecule has 0 fully saturated rings. The summed E-state index contributed by atoms with van der Waals surface area (Å²) in [5.41, 5.74) is 1.11. The maximum Gasteiger partial charge on any atom is 0.337 e. The fourth-order valence-corrected chi connectivity index (χ4v) is 2.61. The quantitative estimate of drug-likeness (QED) is 0.637. The molecule has 3 amide bonds. The van der Waals surface area contributed by atoms with Crippen molar-refractivity contribution >= 4 is 40.9 Å². The molecule has 0 saturated carbocycles. The van der Waals surface area contributed by atoms with Gasteiger partial charge in [0.25, 0.3) is 0 Å². The number of hydrogen-bond acceptors (Lipinski definition) is 4. The zero-order chi connectivity index (χ0) is 20.7.